The summed E-state index contributed by atoms with van der Waals surface area (Å²) in [5, 5.41) is 29.5. The van der Waals surface area contributed by atoms with Gasteiger partial charge in [0.25, 0.3) is 0 Å². The van der Waals surface area contributed by atoms with Gasteiger partial charge in [0, 0.05) is 0 Å². The van der Waals surface area contributed by atoms with Crippen LogP contribution in [0.2, 0.25) is 0 Å². The Morgan fingerprint density at radius 1 is 1.21 bits per heavy atom. The van der Waals surface area contributed by atoms with Gasteiger partial charge in [0.15, 0.2) is 6.19 Å². The average Bonchev–Trinajstić information content (AvgIpc) is 3.07. The second-order valence-corrected chi connectivity index (χ2v) is 9.96. The number of halogens is 3. The van der Waals surface area contributed by atoms with Crippen molar-refractivity contribution in [3.8, 4) is 6.19 Å². The normalized spacial score (nSPS) is 40.5. The molecule has 156 valence electrons. The molecule has 4 bridgehead atoms. The Labute approximate surface area is 164 Å². The maximum atomic E-state index is 13.5. The number of rotatable bonds is 3. The predicted molar refractivity (Wildman–Crippen MR) is 97.3 cm³/mol. The zero-order valence-electron chi connectivity index (χ0n) is 16.5. The summed E-state index contributed by atoms with van der Waals surface area (Å²) in [6.07, 6.45) is 2.24. The van der Waals surface area contributed by atoms with E-state index in [9.17, 15) is 23.5 Å². The third kappa shape index (κ3) is 3.02. The van der Waals surface area contributed by atoms with Gasteiger partial charge in [-0.3, -0.25) is 15.2 Å². The van der Waals surface area contributed by atoms with Gasteiger partial charge in [0.2, 0.25) is 0 Å². The van der Waals surface area contributed by atoms with Gasteiger partial charge in [0.1, 0.15) is 11.9 Å². The summed E-state index contributed by atoms with van der Waals surface area (Å²) in [5.74, 6) is 0.679. The number of nitriles is 1. The van der Waals surface area contributed by atoms with E-state index in [2.05, 4.69) is 6.19 Å². The standard InChI is InChI=1S/C20H29F3N4O/c1-18(2,27-5-3-4-15(27)20(21,22)23)17(25)26(11-24)16-13-6-12-7-14(16)10-19(28,8-12)9-13/h12-16,25,28H,3-10H2,1-2H3. The molecule has 0 spiro atoms. The van der Waals surface area contributed by atoms with Crippen LogP contribution < -0.4 is 0 Å². The van der Waals surface area contributed by atoms with Crippen LogP contribution in [0.3, 0.4) is 0 Å². The van der Waals surface area contributed by atoms with Crippen LogP contribution in [0.1, 0.15) is 58.8 Å². The molecule has 5 nitrogen and oxygen atoms in total. The summed E-state index contributed by atoms with van der Waals surface area (Å²) >= 11 is 0. The van der Waals surface area contributed by atoms with Gasteiger partial charge in [-0.1, -0.05) is 0 Å². The largest absolute Gasteiger partial charge is 0.404 e. The molecule has 3 unspecified atom stereocenters. The van der Waals surface area contributed by atoms with Gasteiger partial charge >= 0.3 is 6.18 Å². The smallest absolute Gasteiger partial charge is 0.390 e. The lowest BCUT2D eigenvalue weighted by atomic mass is 9.52. The summed E-state index contributed by atoms with van der Waals surface area (Å²) < 4.78 is 40.5. The molecule has 1 heterocycles. The first-order valence-electron chi connectivity index (χ1n) is 10.3. The Bertz CT molecular complexity index is 685. The van der Waals surface area contributed by atoms with Gasteiger partial charge < -0.3 is 5.11 Å². The molecule has 28 heavy (non-hydrogen) atoms. The Morgan fingerprint density at radius 3 is 2.32 bits per heavy atom. The highest BCUT2D eigenvalue weighted by Gasteiger charge is 2.58. The van der Waals surface area contributed by atoms with E-state index in [1.54, 1.807) is 13.8 Å². The fourth-order valence-electron chi connectivity index (χ4n) is 6.85. The highest BCUT2D eigenvalue weighted by atomic mass is 19.4. The van der Waals surface area contributed by atoms with E-state index in [0.29, 0.717) is 25.2 Å². The fourth-order valence-corrected chi connectivity index (χ4v) is 6.85. The van der Waals surface area contributed by atoms with Crippen LogP contribution in [0.4, 0.5) is 13.2 Å². The van der Waals surface area contributed by atoms with Gasteiger partial charge in [-0.25, -0.2) is 0 Å². The highest BCUT2D eigenvalue weighted by Crippen LogP contribution is 2.57. The van der Waals surface area contributed by atoms with Crippen LogP contribution >= 0.6 is 0 Å². The first-order valence-corrected chi connectivity index (χ1v) is 10.3. The van der Waals surface area contributed by atoms with Crippen molar-refractivity contribution in [1.29, 1.82) is 10.7 Å². The Balaban J connectivity index is 1.59. The second-order valence-electron chi connectivity index (χ2n) is 9.96. The minimum Gasteiger partial charge on any atom is -0.390 e. The minimum atomic E-state index is -4.34. The fraction of sp³-hybridized carbons (Fsp3) is 0.900. The summed E-state index contributed by atoms with van der Waals surface area (Å²) in [5.41, 5.74) is -1.83. The molecule has 0 amide bonds. The minimum absolute atomic E-state index is 0.0379. The molecule has 0 radical (unpaired) electrons. The summed E-state index contributed by atoms with van der Waals surface area (Å²) in [4.78, 5) is 2.74. The monoisotopic (exact) mass is 398 g/mol. The molecule has 2 N–H and O–H groups in total. The van der Waals surface area contributed by atoms with Crippen molar-refractivity contribution >= 4 is 5.84 Å². The SMILES string of the molecule is CC(C)(C(=N)N(C#N)C1C2CC3CC1CC(O)(C3)C2)N1CCCC1C(F)(F)F. The summed E-state index contributed by atoms with van der Waals surface area (Å²) in [6, 6.07) is -1.75. The van der Waals surface area contributed by atoms with E-state index in [1.165, 1.54) is 9.80 Å². The van der Waals surface area contributed by atoms with E-state index in [1.807, 2.05) is 0 Å². The average molecular weight is 398 g/mol. The van der Waals surface area contributed by atoms with Gasteiger partial charge in [-0.15, -0.1) is 0 Å². The third-order valence-corrected chi connectivity index (χ3v) is 7.77. The predicted octanol–water partition coefficient (Wildman–Crippen LogP) is 3.49. The van der Waals surface area contributed by atoms with E-state index in [-0.39, 0.29) is 36.7 Å². The Kier molecular flexibility index (Phi) is 4.51. The zero-order chi connectivity index (χ0) is 20.5. The molecule has 0 aromatic heterocycles. The zero-order valence-corrected chi connectivity index (χ0v) is 16.5. The molecule has 8 heteroatoms. The van der Waals surface area contributed by atoms with E-state index in [4.69, 9.17) is 5.41 Å². The van der Waals surface area contributed by atoms with Crippen LogP contribution in [0.25, 0.3) is 0 Å². The molecule has 5 fully saturated rings. The molecule has 1 saturated heterocycles. The lowest BCUT2D eigenvalue weighted by Gasteiger charge is -2.60. The van der Waals surface area contributed by atoms with Crippen LogP contribution in [-0.2, 0) is 0 Å². The van der Waals surface area contributed by atoms with Crippen molar-refractivity contribution in [2.24, 2.45) is 17.8 Å². The molecule has 1 aliphatic heterocycles. The molecule has 4 aliphatic carbocycles. The number of hydrogen-bond acceptors (Lipinski definition) is 4. The van der Waals surface area contributed by atoms with Gasteiger partial charge in [-0.05, 0) is 83.1 Å². The molecular weight excluding hydrogens is 369 g/mol. The molecule has 5 rings (SSSR count). The number of nitrogens with zero attached hydrogens (tertiary/aromatic N) is 3. The molecule has 0 aromatic carbocycles. The molecule has 5 aliphatic rings. The number of aliphatic hydroxyl groups is 1. The van der Waals surface area contributed by atoms with Crippen LogP contribution in [0.15, 0.2) is 0 Å². The lowest BCUT2D eigenvalue weighted by molar-refractivity contribution is -0.184. The topological polar surface area (TPSA) is 74.3 Å². The number of nitrogens with one attached hydrogen (secondary N) is 1. The second kappa shape index (κ2) is 6.33. The number of likely N-dealkylation sites (tertiary alicyclic amines) is 1. The maximum Gasteiger partial charge on any atom is 0.404 e. The first kappa shape index (κ1) is 20.0. The molecule has 3 atom stereocenters. The quantitative estimate of drug-likeness (QED) is 0.330. The van der Waals surface area contributed by atoms with Crippen molar-refractivity contribution < 1.29 is 18.3 Å². The number of alkyl halides is 3. The van der Waals surface area contributed by atoms with Crippen molar-refractivity contribution in [1.82, 2.24) is 9.80 Å². The van der Waals surface area contributed by atoms with E-state index in [0.717, 1.165) is 19.3 Å². The van der Waals surface area contributed by atoms with Crippen LogP contribution in [0.5, 0.6) is 0 Å². The summed E-state index contributed by atoms with van der Waals surface area (Å²) in [6.45, 7) is 3.54. The van der Waals surface area contributed by atoms with Gasteiger partial charge in [-0.2, -0.15) is 18.4 Å². The van der Waals surface area contributed by atoms with E-state index >= 15 is 0 Å². The van der Waals surface area contributed by atoms with Crippen LogP contribution in [0, 0.1) is 34.6 Å². The lowest BCUT2D eigenvalue weighted by Crippen LogP contribution is -2.66. The van der Waals surface area contributed by atoms with Crippen molar-refractivity contribution in [2.45, 2.75) is 88.2 Å². The molecular formula is C20H29F3N4O. The number of amidine groups is 1. The first-order chi connectivity index (χ1) is 13.0. The van der Waals surface area contributed by atoms with Crippen molar-refractivity contribution in [2.75, 3.05) is 6.54 Å². The maximum absolute atomic E-state index is 13.5. The van der Waals surface area contributed by atoms with Crippen molar-refractivity contribution in [3.05, 3.63) is 0 Å². The summed E-state index contributed by atoms with van der Waals surface area (Å²) in [7, 11) is 0. The van der Waals surface area contributed by atoms with Gasteiger partial charge in [0.05, 0.1) is 17.2 Å². The number of hydrogen-bond donors (Lipinski definition) is 2. The van der Waals surface area contributed by atoms with Crippen LogP contribution in [-0.4, -0.2) is 56.7 Å². The molecule has 0 aromatic rings. The van der Waals surface area contributed by atoms with Crippen molar-refractivity contribution in [3.63, 3.8) is 0 Å². The van der Waals surface area contributed by atoms with E-state index < -0.39 is 23.4 Å². The Morgan fingerprint density at radius 2 is 1.82 bits per heavy atom. The highest BCUT2D eigenvalue weighted by molar-refractivity contribution is 5.89. The molecule has 4 saturated carbocycles. The third-order valence-electron chi connectivity index (χ3n) is 7.77. The Hall–Kier alpha value is -1.33.